The second-order valence-electron chi connectivity index (χ2n) is 3.94. The minimum Gasteiger partial charge on any atom is -0.242 e. The summed E-state index contributed by atoms with van der Waals surface area (Å²) in [6, 6.07) is 8.65. The van der Waals surface area contributed by atoms with Gasteiger partial charge in [-0.25, -0.2) is 4.98 Å². The fourth-order valence-corrected chi connectivity index (χ4v) is 2.93. The number of benzene rings is 1. The summed E-state index contributed by atoms with van der Waals surface area (Å²) in [6.07, 6.45) is 0. The van der Waals surface area contributed by atoms with E-state index in [1.165, 1.54) is 10.5 Å². The number of nitrogens with zero attached hydrogens (tertiary/aromatic N) is 1. The van der Waals surface area contributed by atoms with Crippen LogP contribution in [-0.2, 0) is 0 Å². The summed E-state index contributed by atoms with van der Waals surface area (Å²) in [5, 5.41) is 3.86. The van der Waals surface area contributed by atoms with Crippen LogP contribution >= 0.6 is 23.1 Å². The molecular formula is C13H15NS2. The van der Waals surface area contributed by atoms with Gasteiger partial charge < -0.3 is 0 Å². The molecule has 0 atom stereocenters. The van der Waals surface area contributed by atoms with Crippen LogP contribution in [0.4, 0.5) is 0 Å². The van der Waals surface area contributed by atoms with Crippen molar-refractivity contribution in [2.75, 3.05) is 0 Å². The van der Waals surface area contributed by atoms with E-state index in [-0.39, 0.29) is 0 Å². The third-order valence-electron chi connectivity index (χ3n) is 2.14. The Bertz CT molecular complexity index is 457. The number of hydrogen-bond donors (Lipinski definition) is 0. The number of thiazole rings is 1. The summed E-state index contributed by atoms with van der Waals surface area (Å²) in [5.74, 6) is 0. The Labute approximate surface area is 105 Å². The van der Waals surface area contributed by atoms with E-state index < -0.39 is 0 Å². The quantitative estimate of drug-likeness (QED) is 0.736. The molecule has 0 unspecified atom stereocenters. The fraction of sp³-hybridized carbons (Fsp3) is 0.308. The van der Waals surface area contributed by atoms with Crippen LogP contribution in [0.2, 0.25) is 0 Å². The van der Waals surface area contributed by atoms with E-state index in [0.717, 1.165) is 10.7 Å². The van der Waals surface area contributed by atoms with Gasteiger partial charge in [-0.2, -0.15) is 0 Å². The molecule has 1 nitrogen and oxygen atoms in total. The Morgan fingerprint density at radius 2 is 1.88 bits per heavy atom. The summed E-state index contributed by atoms with van der Waals surface area (Å²) >= 11 is 3.59. The molecule has 0 bridgehead atoms. The van der Waals surface area contributed by atoms with Crippen LogP contribution in [0.15, 0.2) is 34.5 Å². The minimum absolute atomic E-state index is 0.632. The van der Waals surface area contributed by atoms with Gasteiger partial charge in [0, 0.05) is 21.1 Å². The van der Waals surface area contributed by atoms with Crippen LogP contribution in [0.25, 0.3) is 11.3 Å². The third kappa shape index (κ3) is 2.86. The zero-order valence-corrected chi connectivity index (χ0v) is 11.4. The van der Waals surface area contributed by atoms with E-state index in [0.29, 0.717) is 5.25 Å². The summed E-state index contributed by atoms with van der Waals surface area (Å²) in [6.45, 7) is 6.46. The molecule has 1 heterocycles. The van der Waals surface area contributed by atoms with Crippen LogP contribution < -0.4 is 0 Å². The van der Waals surface area contributed by atoms with Crippen molar-refractivity contribution in [2.24, 2.45) is 0 Å². The first kappa shape index (κ1) is 11.7. The molecule has 0 aliphatic heterocycles. The lowest BCUT2D eigenvalue weighted by molar-refractivity contribution is 1.11. The van der Waals surface area contributed by atoms with Gasteiger partial charge in [0.25, 0.3) is 0 Å². The van der Waals surface area contributed by atoms with E-state index >= 15 is 0 Å². The first-order chi connectivity index (χ1) is 7.65. The normalized spacial score (nSPS) is 11.0. The summed E-state index contributed by atoms with van der Waals surface area (Å²) in [5.41, 5.74) is 2.29. The molecule has 2 aromatic rings. The first-order valence-electron chi connectivity index (χ1n) is 5.34. The minimum atomic E-state index is 0.632. The maximum Gasteiger partial charge on any atom is 0.0901 e. The largest absolute Gasteiger partial charge is 0.242 e. The van der Waals surface area contributed by atoms with E-state index in [9.17, 15) is 0 Å². The van der Waals surface area contributed by atoms with Gasteiger partial charge in [0.15, 0.2) is 0 Å². The highest BCUT2D eigenvalue weighted by atomic mass is 32.2. The second-order valence-corrected chi connectivity index (χ2v) is 6.65. The first-order valence-corrected chi connectivity index (χ1v) is 7.10. The van der Waals surface area contributed by atoms with E-state index in [4.69, 9.17) is 0 Å². The average Bonchev–Trinajstić information content (AvgIpc) is 2.65. The van der Waals surface area contributed by atoms with Crippen LogP contribution in [0.1, 0.15) is 18.9 Å². The summed E-state index contributed by atoms with van der Waals surface area (Å²) in [4.78, 5) is 5.81. The van der Waals surface area contributed by atoms with Gasteiger partial charge in [-0.1, -0.05) is 26.0 Å². The molecule has 84 valence electrons. The lowest BCUT2D eigenvalue weighted by Gasteiger charge is -2.05. The molecule has 1 aromatic heterocycles. The standard InChI is InChI=1S/C13H15NS2/c1-9(2)16-12-6-4-11(5-7-12)13-8-15-10(3)14-13/h4-9H,1-3H3. The molecule has 3 heteroatoms. The van der Waals surface area contributed by atoms with Gasteiger partial charge in [-0.15, -0.1) is 23.1 Å². The fourth-order valence-electron chi connectivity index (χ4n) is 1.47. The van der Waals surface area contributed by atoms with Gasteiger partial charge in [-0.05, 0) is 19.1 Å². The zero-order valence-electron chi connectivity index (χ0n) is 9.73. The lowest BCUT2D eigenvalue weighted by Crippen LogP contribution is -1.85. The maximum atomic E-state index is 4.48. The molecule has 0 saturated carbocycles. The Balaban J connectivity index is 2.19. The molecule has 0 fully saturated rings. The van der Waals surface area contributed by atoms with E-state index in [2.05, 4.69) is 48.5 Å². The smallest absolute Gasteiger partial charge is 0.0901 e. The predicted molar refractivity (Wildman–Crippen MR) is 73.3 cm³/mol. The van der Waals surface area contributed by atoms with Gasteiger partial charge in [-0.3, -0.25) is 0 Å². The van der Waals surface area contributed by atoms with Crippen molar-refractivity contribution in [3.8, 4) is 11.3 Å². The van der Waals surface area contributed by atoms with Crippen LogP contribution in [-0.4, -0.2) is 10.2 Å². The van der Waals surface area contributed by atoms with E-state index in [1.807, 2.05) is 18.7 Å². The topological polar surface area (TPSA) is 12.9 Å². The maximum absolute atomic E-state index is 4.48. The summed E-state index contributed by atoms with van der Waals surface area (Å²) < 4.78 is 0. The van der Waals surface area contributed by atoms with Crippen molar-refractivity contribution >= 4 is 23.1 Å². The highest BCUT2D eigenvalue weighted by Gasteiger charge is 2.03. The SMILES string of the molecule is Cc1nc(-c2ccc(SC(C)C)cc2)cs1. The number of rotatable bonds is 3. The molecule has 0 amide bonds. The molecule has 0 spiro atoms. The lowest BCUT2D eigenvalue weighted by atomic mass is 10.2. The van der Waals surface area contributed by atoms with Crippen LogP contribution in [0, 0.1) is 6.92 Å². The second kappa shape index (κ2) is 5.02. The number of aryl methyl sites for hydroxylation is 1. The third-order valence-corrected chi connectivity index (χ3v) is 3.93. The highest BCUT2D eigenvalue weighted by molar-refractivity contribution is 7.99. The summed E-state index contributed by atoms with van der Waals surface area (Å²) in [7, 11) is 0. The molecule has 16 heavy (non-hydrogen) atoms. The van der Waals surface area contributed by atoms with Crippen molar-refractivity contribution in [1.29, 1.82) is 0 Å². The van der Waals surface area contributed by atoms with Crippen molar-refractivity contribution in [2.45, 2.75) is 30.9 Å². The Morgan fingerprint density at radius 3 is 2.38 bits per heavy atom. The Morgan fingerprint density at radius 1 is 1.19 bits per heavy atom. The number of hydrogen-bond acceptors (Lipinski definition) is 3. The van der Waals surface area contributed by atoms with Gasteiger partial charge in [0.2, 0.25) is 0 Å². The van der Waals surface area contributed by atoms with Gasteiger partial charge >= 0.3 is 0 Å². The Kier molecular flexibility index (Phi) is 3.66. The molecule has 1 aromatic carbocycles. The molecule has 0 aliphatic rings. The molecule has 0 saturated heterocycles. The van der Waals surface area contributed by atoms with Crippen molar-refractivity contribution in [1.82, 2.24) is 4.98 Å². The monoisotopic (exact) mass is 249 g/mol. The van der Waals surface area contributed by atoms with E-state index in [1.54, 1.807) is 11.3 Å². The Hall–Kier alpha value is -0.800. The molecular weight excluding hydrogens is 234 g/mol. The highest BCUT2D eigenvalue weighted by Crippen LogP contribution is 2.27. The van der Waals surface area contributed by atoms with Crippen molar-refractivity contribution in [3.05, 3.63) is 34.7 Å². The average molecular weight is 249 g/mol. The number of aromatic nitrogens is 1. The molecule has 0 aliphatic carbocycles. The molecule has 2 rings (SSSR count). The van der Waals surface area contributed by atoms with Crippen LogP contribution in [0.5, 0.6) is 0 Å². The van der Waals surface area contributed by atoms with Gasteiger partial charge in [0.05, 0.1) is 10.7 Å². The van der Waals surface area contributed by atoms with Gasteiger partial charge in [0.1, 0.15) is 0 Å². The van der Waals surface area contributed by atoms with Crippen LogP contribution in [0.3, 0.4) is 0 Å². The van der Waals surface area contributed by atoms with Crippen molar-refractivity contribution in [3.63, 3.8) is 0 Å². The zero-order chi connectivity index (χ0) is 11.5. The van der Waals surface area contributed by atoms with Crippen molar-refractivity contribution < 1.29 is 0 Å². The predicted octanol–water partition coefficient (Wildman–Crippen LogP) is 4.62. The molecule has 0 radical (unpaired) electrons. The number of thioether (sulfide) groups is 1. The molecule has 0 N–H and O–H groups in total.